The highest BCUT2D eigenvalue weighted by molar-refractivity contribution is 6.01. The van der Waals surface area contributed by atoms with Gasteiger partial charge < -0.3 is 4.74 Å². The van der Waals surface area contributed by atoms with E-state index in [0.29, 0.717) is 5.06 Å². The summed E-state index contributed by atoms with van der Waals surface area (Å²) in [6, 6.07) is 0. The molecule has 0 bridgehead atoms. The fraction of sp³-hybridized carbons (Fsp3) is 0.667. The first kappa shape index (κ1) is 17.2. The summed E-state index contributed by atoms with van der Waals surface area (Å²) in [5.74, 6) is -1.01. The van der Waals surface area contributed by atoms with Gasteiger partial charge in [-0.2, -0.15) is 0 Å². The molecular formula is C15H23NO5. The molecule has 0 spiro atoms. The van der Waals surface area contributed by atoms with Crippen LogP contribution in [0.5, 0.6) is 0 Å². The number of carbonyl (C=O) groups is 3. The summed E-state index contributed by atoms with van der Waals surface area (Å²) in [6.07, 6.45) is 8.49. The summed E-state index contributed by atoms with van der Waals surface area (Å²) < 4.78 is 4.83. The van der Waals surface area contributed by atoms with Gasteiger partial charge >= 0.3 is 6.16 Å². The van der Waals surface area contributed by atoms with Crippen molar-refractivity contribution in [3.05, 3.63) is 12.7 Å². The van der Waals surface area contributed by atoms with Crippen LogP contribution in [0.15, 0.2) is 12.7 Å². The third-order valence-corrected chi connectivity index (χ3v) is 3.19. The molecule has 1 aliphatic rings. The lowest BCUT2D eigenvalue weighted by Gasteiger charge is -2.12. The molecule has 21 heavy (non-hydrogen) atoms. The first-order valence-electron chi connectivity index (χ1n) is 7.46. The summed E-state index contributed by atoms with van der Waals surface area (Å²) >= 11 is 0. The van der Waals surface area contributed by atoms with Crippen molar-refractivity contribution in [3.8, 4) is 0 Å². The molecule has 0 aromatic carbocycles. The topological polar surface area (TPSA) is 72.9 Å². The zero-order valence-electron chi connectivity index (χ0n) is 12.3. The highest BCUT2D eigenvalue weighted by Crippen LogP contribution is 2.13. The van der Waals surface area contributed by atoms with Gasteiger partial charge in [0, 0.05) is 12.8 Å². The molecule has 118 valence electrons. The number of allylic oxidation sites excluding steroid dienone is 1. The fourth-order valence-electron chi connectivity index (χ4n) is 2.01. The van der Waals surface area contributed by atoms with Crippen LogP contribution >= 0.6 is 0 Å². The molecule has 1 aliphatic heterocycles. The molecule has 0 unspecified atom stereocenters. The van der Waals surface area contributed by atoms with Crippen molar-refractivity contribution in [3.63, 3.8) is 0 Å². The number of amides is 2. The Bertz CT molecular complexity index is 364. The standard InChI is InChI=1S/C15H23NO5/c1-2-3-4-5-6-7-8-9-12-20-15(19)21-16-13(17)10-11-14(16)18/h2H,1,3-12H2. The SMILES string of the molecule is C=CCCCCCCCCOC(=O)ON1C(=O)CCC1=O. The Kier molecular flexibility index (Phi) is 8.16. The molecule has 0 N–H and O–H groups in total. The van der Waals surface area contributed by atoms with Crippen LogP contribution in [0.1, 0.15) is 57.8 Å². The number of rotatable bonds is 10. The molecule has 0 radical (unpaired) electrons. The Labute approximate surface area is 125 Å². The molecule has 6 nitrogen and oxygen atoms in total. The van der Waals surface area contributed by atoms with Crippen LogP contribution < -0.4 is 0 Å². The van der Waals surface area contributed by atoms with E-state index in [4.69, 9.17) is 4.74 Å². The van der Waals surface area contributed by atoms with Crippen molar-refractivity contribution in [1.29, 1.82) is 0 Å². The van der Waals surface area contributed by atoms with Crippen molar-refractivity contribution < 1.29 is 24.0 Å². The van der Waals surface area contributed by atoms with Crippen LogP contribution in [0.2, 0.25) is 0 Å². The minimum absolute atomic E-state index is 0.0813. The van der Waals surface area contributed by atoms with E-state index in [0.717, 1.165) is 32.1 Å². The van der Waals surface area contributed by atoms with Gasteiger partial charge in [0.2, 0.25) is 0 Å². The third-order valence-electron chi connectivity index (χ3n) is 3.19. The summed E-state index contributed by atoms with van der Waals surface area (Å²) in [5, 5.41) is 0.488. The molecule has 1 fully saturated rings. The van der Waals surface area contributed by atoms with Crippen molar-refractivity contribution in [1.82, 2.24) is 5.06 Å². The Morgan fingerprint density at radius 2 is 1.62 bits per heavy atom. The molecule has 0 atom stereocenters. The van der Waals surface area contributed by atoms with E-state index in [2.05, 4.69) is 11.4 Å². The molecule has 1 rings (SSSR count). The number of hydroxylamine groups is 2. The normalized spacial score (nSPS) is 14.4. The Hall–Kier alpha value is -1.85. The zero-order valence-corrected chi connectivity index (χ0v) is 12.3. The highest BCUT2D eigenvalue weighted by Gasteiger charge is 2.33. The lowest BCUT2D eigenvalue weighted by molar-refractivity contribution is -0.177. The highest BCUT2D eigenvalue weighted by atomic mass is 16.8. The minimum atomic E-state index is -0.996. The second-order valence-electron chi connectivity index (χ2n) is 4.97. The summed E-state index contributed by atoms with van der Waals surface area (Å²) in [7, 11) is 0. The second kappa shape index (κ2) is 9.96. The fourth-order valence-corrected chi connectivity index (χ4v) is 2.01. The van der Waals surface area contributed by atoms with Gasteiger partial charge in [0.05, 0.1) is 6.61 Å². The van der Waals surface area contributed by atoms with Gasteiger partial charge in [0.25, 0.3) is 11.8 Å². The third kappa shape index (κ3) is 6.92. The lowest BCUT2D eigenvalue weighted by atomic mass is 10.1. The molecule has 1 heterocycles. The van der Waals surface area contributed by atoms with Crippen LogP contribution in [-0.4, -0.2) is 29.6 Å². The number of ether oxygens (including phenoxy) is 1. The summed E-state index contributed by atoms with van der Waals surface area (Å²) in [4.78, 5) is 38.3. The maximum absolute atomic E-state index is 11.3. The summed E-state index contributed by atoms with van der Waals surface area (Å²) in [5.41, 5.74) is 0. The van der Waals surface area contributed by atoms with E-state index in [1.165, 1.54) is 12.8 Å². The van der Waals surface area contributed by atoms with Crippen LogP contribution in [0.4, 0.5) is 4.79 Å². The molecule has 2 amide bonds. The van der Waals surface area contributed by atoms with Crippen LogP contribution in [-0.2, 0) is 19.2 Å². The molecule has 1 saturated heterocycles. The van der Waals surface area contributed by atoms with E-state index >= 15 is 0 Å². The Morgan fingerprint density at radius 3 is 2.24 bits per heavy atom. The first-order chi connectivity index (χ1) is 10.1. The van der Waals surface area contributed by atoms with Gasteiger partial charge in [0.15, 0.2) is 0 Å². The number of unbranched alkanes of at least 4 members (excludes halogenated alkanes) is 6. The van der Waals surface area contributed by atoms with Gasteiger partial charge in [-0.3, -0.25) is 14.4 Å². The van der Waals surface area contributed by atoms with E-state index < -0.39 is 18.0 Å². The number of carbonyl (C=O) groups excluding carboxylic acids is 3. The van der Waals surface area contributed by atoms with Crippen LogP contribution in [0.3, 0.4) is 0 Å². The molecule has 0 saturated carbocycles. The summed E-state index contributed by atoms with van der Waals surface area (Å²) in [6.45, 7) is 3.91. The van der Waals surface area contributed by atoms with Gasteiger partial charge in [-0.1, -0.05) is 36.8 Å². The van der Waals surface area contributed by atoms with E-state index in [1.54, 1.807) is 0 Å². The minimum Gasteiger partial charge on any atom is -0.433 e. The van der Waals surface area contributed by atoms with Crippen molar-refractivity contribution >= 4 is 18.0 Å². The van der Waals surface area contributed by atoms with Crippen molar-refractivity contribution in [2.45, 2.75) is 57.8 Å². The van der Waals surface area contributed by atoms with E-state index in [9.17, 15) is 14.4 Å². The molecule has 0 aromatic heterocycles. The number of hydrogen-bond donors (Lipinski definition) is 0. The van der Waals surface area contributed by atoms with Gasteiger partial charge in [-0.15, -0.1) is 6.58 Å². The molecule has 0 aromatic rings. The smallest absolute Gasteiger partial charge is 0.433 e. The largest absolute Gasteiger partial charge is 0.533 e. The second-order valence-corrected chi connectivity index (χ2v) is 4.97. The monoisotopic (exact) mass is 297 g/mol. The molecular weight excluding hydrogens is 274 g/mol. The lowest BCUT2D eigenvalue weighted by Crippen LogP contribution is -2.32. The predicted molar refractivity (Wildman–Crippen MR) is 76.0 cm³/mol. The van der Waals surface area contributed by atoms with Crippen LogP contribution in [0.25, 0.3) is 0 Å². The predicted octanol–water partition coefficient (Wildman–Crippen LogP) is 3.12. The molecule has 0 aliphatic carbocycles. The first-order valence-corrected chi connectivity index (χ1v) is 7.46. The van der Waals surface area contributed by atoms with Crippen LogP contribution in [0, 0.1) is 0 Å². The zero-order chi connectivity index (χ0) is 15.5. The maximum atomic E-state index is 11.3. The van der Waals surface area contributed by atoms with Crippen molar-refractivity contribution in [2.75, 3.05) is 6.61 Å². The van der Waals surface area contributed by atoms with Crippen molar-refractivity contribution in [2.24, 2.45) is 0 Å². The quantitative estimate of drug-likeness (QED) is 0.268. The molecule has 6 heteroatoms. The van der Waals surface area contributed by atoms with E-state index in [1.807, 2.05) is 6.08 Å². The number of hydrogen-bond acceptors (Lipinski definition) is 5. The maximum Gasteiger partial charge on any atom is 0.533 e. The average Bonchev–Trinajstić information content (AvgIpc) is 2.77. The number of nitrogens with zero attached hydrogens (tertiary/aromatic N) is 1. The van der Waals surface area contributed by atoms with Gasteiger partial charge in [0.1, 0.15) is 0 Å². The number of imide groups is 1. The van der Waals surface area contributed by atoms with E-state index in [-0.39, 0.29) is 19.4 Å². The van der Waals surface area contributed by atoms with Gasteiger partial charge in [-0.25, -0.2) is 4.79 Å². The van der Waals surface area contributed by atoms with Gasteiger partial charge in [-0.05, 0) is 19.3 Å². The average molecular weight is 297 g/mol. The Balaban J connectivity index is 1.97. The Morgan fingerprint density at radius 1 is 1.05 bits per heavy atom.